The molecule has 2 aromatic carbocycles. The number of carbonyl (C=O) groups is 1. The Morgan fingerprint density at radius 1 is 1.18 bits per heavy atom. The maximum atomic E-state index is 13.5. The van der Waals surface area contributed by atoms with E-state index in [-0.39, 0.29) is 29.8 Å². The molecular formula is C26H20FN3O4. The van der Waals surface area contributed by atoms with Gasteiger partial charge in [0.1, 0.15) is 18.1 Å². The van der Waals surface area contributed by atoms with E-state index in [4.69, 9.17) is 9.15 Å². The molecule has 0 aliphatic carbocycles. The molecular weight excluding hydrogens is 437 g/mol. The van der Waals surface area contributed by atoms with Crippen molar-refractivity contribution in [2.45, 2.75) is 13.5 Å². The van der Waals surface area contributed by atoms with Crippen molar-refractivity contribution >= 4 is 24.5 Å². The molecule has 0 radical (unpaired) electrons. The van der Waals surface area contributed by atoms with Crippen LogP contribution < -0.4 is 5.56 Å². The minimum Gasteiger partial charge on any atom is -0.454 e. The number of halogens is 1. The average molecular weight is 457 g/mol. The van der Waals surface area contributed by atoms with Crippen molar-refractivity contribution in [3.05, 3.63) is 106 Å². The fourth-order valence-electron chi connectivity index (χ4n) is 3.32. The van der Waals surface area contributed by atoms with Crippen LogP contribution in [-0.4, -0.2) is 22.2 Å². The fourth-order valence-corrected chi connectivity index (χ4v) is 3.32. The van der Waals surface area contributed by atoms with Gasteiger partial charge in [0.15, 0.2) is 11.6 Å². The van der Waals surface area contributed by atoms with E-state index in [1.165, 1.54) is 35.0 Å². The molecule has 8 heteroatoms. The highest BCUT2D eigenvalue weighted by Gasteiger charge is 2.24. The Bertz CT molecular complexity index is 1420. The number of pyridine rings is 1. The summed E-state index contributed by atoms with van der Waals surface area (Å²) in [6.45, 7) is 5.32. The molecule has 0 saturated carbocycles. The van der Waals surface area contributed by atoms with Crippen molar-refractivity contribution in [1.29, 1.82) is 0 Å². The SMILES string of the molecule is C=Nc1c(/C=C\C)ccn(-c2nc(C(=O)OCc3ccccc3)oc2-c2ccc(F)cc2)c1=O. The minimum atomic E-state index is -0.806. The summed E-state index contributed by atoms with van der Waals surface area (Å²) in [5, 5.41) is 0. The first-order valence-electron chi connectivity index (χ1n) is 10.3. The first kappa shape index (κ1) is 22.6. The first-order chi connectivity index (χ1) is 16.5. The van der Waals surface area contributed by atoms with Crippen molar-refractivity contribution in [2.75, 3.05) is 0 Å². The third-order valence-corrected chi connectivity index (χ3v) is 4.93. The predicted molar refractivity (Wildman–Crippen MR) is 127 cm³/mol. The largest absolute Gasteiger partial charge is 0.454 e. The zero-order valence-corrected chi connectivity index (χ0v) is 18.3. The van der Waals surface area contributed by atoms with Gasteiger partial charge in [0.25, 0.3) is 5.56 Å². The number of aliphatic imine (C=N–C) groups is 1. The van der Waals surface area contributed by atoms with Crippen molar-refractivity contribution in [3.63, 3.8) is 0 Å². The second-order valence-corrected chi connectivity index (χ2v) is 7.19. The van der Waals surface area contributed by atoms with Gasteiger partial charge in [-0.15, -0.1) is 0 Å². The minimum absolute atomic E-state index is 0.0196. The molecule has 0 atom stereocenters. The second kappa shape index (κ2) is 9.91. The summed E-state index contributed by atoms with van der Waals surface area (Å²) >= 11 is 0. The molecule has 0 N–H and O–H groups in total. The summed E-state index contributed by atoms with van der Waals surface area (Å²) in [5.41, 5.74) is 1.39. The zero-order valence-electron chi connectivity index (χ0n) is 18.3. The van der Waals surface area contributed by atoms with Gasteiger partial charge in [-0.1, -0.05) is 42.5 Å². The number of esters is 1. The zero-order chi connectivity index (χ0) is 24.1. The summed E-state index contributed by atoms with van der Waals surface area (Å²) in [6, 6.07) is 16.2. The number of nitrogens with zero attached hydrogens (tertiary/aromatic N) is 3. The molecule has 0 unspecified atom stereocenters. The highest BCUT2D eigenvalue weighted by Crippen LogP contribution is 2.29. The summed E-state index contributed by atoms with van der Waals surface area (Å²) in [4.78, 5) is 34.0. The Kier molecular flexibility index (Phi) is 6.59. The lowest BCUT2D eigenvalue weighted by molar-refractivity contribution is 0.0428. The quantitative estimate of drug-likeness (QED) is 0.276. The van der Waals surface area contributed by atoms with Gasteiger partial charge in [-0.3, -0.25) is 14.4 Å². The van der Waals surface area contributed by atoms with Crippen LogP contribution in [0.3, 0.4) is 0 Å². The number of benzene rings is 2. The monoisotopic (exact) mass is 457 g/mol. The molecule has 0 spiro atoms. The number of carbonyl (C=O) groups excluding carboxylic acids is 1. The van der Waals surface area contributed by atoms with Crippen LogP contribution in [0, 0.1) is 5.82 Å². The molecule has 4 rings (SSSR count). The summed E-state index contributed by atoms with van der Waals surface area (Å²) in [5.74, 6) is -1.46. The molecule has 2 heterocycles. The van der Waals surface area contributed by atoms with E-state index in [0.29, 0.717) is 11.1 Å². The number of oxazole rings is 1. The molecule has 170 valence electrons. The Hall–Kier alpha value is -4.59. The molecule has 0 fully saturated rings. The first-order valence-corrected chi connectivity index (χ1v) is 10.3. The average Bonchev–Trinajstić information content (AvgIpc) is 3.29. The number of hydrogen-bond donors (Lipinski definition) is 0. The molecule has 4 aromatic rings. The van der Waals surface area contributed by atoms with Gasteiger partial charge < -0.3 is 9.15 Å². The van der Waals surface area contributed by atoms with Crippen molar-refractivity contribution in [2.24, 2.45) is 4.99 Å². The number of aromatic nitrogens is 2. The van der Waals surface area contributed by atoms with Crippen molar-refractivity contribution < 1.29 is 18.3 Å². The maximum absolute atomic E-state index is 13.5. The lowest BCUT2D eigenvalue weighted by Gasteiger charge is -2.07. The number of hydrogen-bond acceptors (Lipinski definition) is 6. The Morgan fingerprint density at radius 3 is 2.59 bits per heavy atom. The van der Waals surface area contributed by atoms with Gasteiger partial charge in [0.05, 0.1) is 0 Å². The van der Waals surface area contributed by atoms with Crippen LogP contribution in [0.15, 0.2) is 87.1 Å². The normalized spacial score (nSPS) is 11.0. The third kappa shape index (κ3) is 4.61. The Labute approximate surface area is 194 Å². The molecule has 2 aromatic heterocycles. The van der Waals surface area contributed by atoms with Crippen LogP contribution in [0.4, 0.5) is 10.1 Å². The summed E-state index contributed by atoms with van der Waals surface area (Å²) < 4.78 is 25.7. The Balaban J connectivity index is 1.79. The lowest BCUT2D eigenvalue weighted by atomic mass is 10.1. The van der Waals surface area contributed by atoms with Gasteiger partial charge in [0.2, 0.25) is 0 Å². The highest BCUT2D eigenvalue weighted by molar-refractivity contribution is 5.86. The standard InChI is InChI=1S/C26H20FN3O4/c1-3-7-18-14-15-30(25(31)21(18)28-2)23-22(19-10-12-20(27)13-11-19)34-24(29-23)26(32)33-16-17-8-5-4-6-9-17/h3-15H,2,16H2,1H3/b7-3-. The van der Waals surface area contributed by atoms with E-state index < -0.39 is 17.3 Å². The van der Waals surface area contributed by atoms with Crippen LogP contribution in [0.1, 0.15) is 28.7 Å². The lowest BCUT2D eigenvalue weighted by Crippen LogP contribution is -2.19. The summed E-state index contributed by atoms with van der Waals surface area (Å²) in [7, 11) is 0. The Morgan fingerprint density at radius 2 is 1.91 bits per heavy atom. The van der Waals surface area contributed by atoms with Gasteiger partial charge in [-0.05, 0) is 49.5 Å². The maximum Gasteiger partial charge on any atom is 0.395 e. The van der Waals surface area contributed by atoms with E-state index in [1.807, 2.05) is 37.3 Å². The molecule has 7 nitrogen and oxygen atoms in total. The van der Waals surface area contributed by atoms with E-state index in [0.717, 1.165) is 5.56 Å². The topological polar surface area (TPSA) is 86.7 Å². The molecule has 0 bridgehead atoms. The van der Waals surface area contributed by atoms with Gasteiger partial charge in [0, 0.05) is 17.3 Å². The molecule has 0 aliphatic heterocycles. The van der Waals surface area contributed by atoms with E-state index in [2.05, 4.69) is 16.7 Å². The van der Waals surface area contributed by atoms with Crippen LogP contribution in [0.2, 0.25) is 0 Å². The van der Waals surface area contributed by atoms with E-state index in [9.17, 15) is 14.0 Å². The summed E-state index contributed by atoms with van der Waals surface area (Å²) in [6.07, 6.45) is 5.00. The van der Waals surface area contributed by atoms with Gasteiger partial charge >= 0.3 is 11.9 Å². The van der Waals surface area contributed by atoms with Gasteiger partial charge in [-0.25, -0.2) is 9.18 Å². The number of ether oxygens (including phenoxy) is 1. The van der Waals surface area contributed by atoms with Crippen LogP contribution in [0.5, 0.6) is 0 Å². The van der Waals surface area contributed by atoms with Crippen LogP contribution in [0.25, 0.3) is 23.2 Å². The van der Waals surface area contributed by atoms with E-state index >= 15 is 0 Å². The fraction of sp³-hybridized carbons (Fsp3) is 0.0769. The van der Waals surface area contributed by atoms with Crippen molar-refractivity contribution in [1.82, 2.24) is 9.55 Å². The molecule has 0 amide bonds. The molecule has 34 heavy (non-hydrogen) atoms. The van der Waals surface area contributed by atoms with E-state index in [1.54, 1.807) is 18.2 Å². The predicted octanol–water partition coefficient (Wildman–Crippen LogP) is 5.35. The number of allylic oxidation sites excluding steroid dienone is 1. The van der Waals surface area contributed by atoms with Crippen LogP contribution >= 0.6 is 0 Å². The smallest absolute Gasteiger partial charge is 0.395 e. The van der Waals surface area contributed by atoms with Crippen LogP contribution in [-0.2, 0) is 11.3 Å². The third-order valence-electron chi connectivity index (χ3n) is 4.93. The molecule has 0 saturated heterocycles. The molecule has 0 aliphatic rings. The second-order valence-electron chi connectivity index (χ2n) is 7.19. The van der Waals surface area contributed by atoms with Gasteiger partial charge in [-0.2, -0.15) is 4.98 Å². The van der Waals surface area contributed by atoms with Crippen molar-refractivity contribution in [3.8, 4) is 17.1 Å². The number of rotatable bonds is 7. The highest BCUT2D eigenvalue weighted by atomic mass is 19.1.